The predicted octanol–water partition coefficient (Wildman–Crippen LogP) is 1.82. The molecule has 2 aromatic rings. The average Bonchev–Trinajstić information content (AvgIpc) is 2.92. The van der Waals surface area contributed by atoms with Crippen LogP contribution in [0.15, 0.2) is 18.3 Å². The molecule has 2 aliphatic rings. The first-order chi connectivity index (χ1) is 12.2. The van der Waals surface area contributed by atoms with E-state index >= 15 is 0 Å². The Morgan fingerprint density at radius 1 is 1.46 bits per heavy atom. The van der Waals surface area contributed by atoms with Crippen molar-refractivity contribution in [1.29, 1.82) is 0 Å². The Labute approximate surface area is 156 Å². The largest absolute Gasteiger partial charge is 0.444 e. The van der Waals surface area contributed by atoms with E-state index in [9.17, 15) is 4.79 Å². The lowest BCUT2D eigenvalue weighted by Crippen LogP contribution is -2.65. The Bertz CT molecular complexity index is 849. The Morgan fingerprint density at radius 3 is 3.04 bits per heavy atom. The van der Waals surface area contributed by atoms with E-state index in [4.69, 9.17) is 21.1 Å². The van der Waals surface area contributed by atoms with Crippen molar-refractivity contribution in [2.24, 2.45) is 0 Å². The predicted molar refractivity (Wildman–Crippen MR) is 95.2 cm³/mol. The first-order valence-electron chi connectivity index (χ1n) is 8.63. The Balaban J connectivity index is 1.66. The molecule has 0 aliphatic carbocycles. The molecular weight excluding hydrogens is 358 g/mol. The maximum atomic E-state index is 12.6. The Hall–Kier alpha value is -1.90. The van der Waals surface area contributed by atoms with E-state index in [1.54, 1.807) is 9.42 Å². The monoisotopic (exact) mass is 379 g/mol. The number of carbonyl (C=O) groups is 1. The first kappa shape index (κ1) is 17.5. The zero-order chi connectivity index (χ0) is 18.5. The fourth-order valence-electron chi connectivity index (χ4n) is 3.50. The van der Waals surface area contributed by atoms with Crippen LogP contribution >= 0.6 is 11.6 Å². The number of carbonyl (C=O) groups excluding carboxylic acids is 1. The number of nitrogens with zero attached hydrogens (tertiary/aromatic N) is 4. The topological polar surface area (TPSA) is 81.0 Å². The molecule has 9 heteroatoms. The van der Waals surface area contributed by atoms with Crippen LogP contribution in [0.4, 0.5) is 4.79 Å². The minimum Gasteiger partial charge on any atom is -0.444 e. The van der Waals surface area contributed by atoms with E-state index in [-0.39, 0.29) is 17.5 Å². The lowest BCUT2D eigenvalue weighted by molar-refractivity contribution is -0.173. The van der Waals surface area contributed by atoms with Crippen LogP contribution in [0.5, 0.6) is 0 Å². The van der Waals surface area contributed by atoms with Gasteiger partial charge in [0.25, 0.3) is 0 Å². The van der Waals surface area contributed by atoms with Crippen LogP contribution in [0.25, 0.3) is 5.65 Å². The summed E-state index contributed by atoms with van der Waals surface area (Å²) in [5, 5.41) is 7.77. The molecule has 0 saturated carbocycles. The summed E-state index contributed by atoms with van der Waals surface area (Å²) in [6.07, 6.45) is 1.44. The Kier molecular flexibility index (Phi) is 4.09. The van der Waals surface area contributed by atoms with Crippen molar-refractivity contribution in [3.63, 3.8) is 0 Å². The number of ether oxygens (including phenoxy) is 2. The second-order valence-electron chi connectivity index (χ2n) is 7.83. The third kappa shape index (κ3) is 3.24. The number of fused-ring (bicyclic) bond motifs is 3. The van der Waals surface area contributed by atoms with Crippen molar-refractivity contribution in [2.75, 3.05) is 26.2 Å². The molecule has 2 atom stereocenters. The molecule has 1 N–H and O–H groups in total. The van der Waals surface area contributed by atoms with Gasteiger partial charge < -0.3 is 19.7 Å². The number of rotatable bonds is 1. The minimum absolute atomic E-state index is 0.0972. The lowest BCUT2D eigenvalue weighted by Gasteiger charge is -2.49. The summed E-state index contributed by atoms with van der Waals surface area (Å²) in [4.78, 5) is 18.5. The van der Waals surface area contributed by atoms with Crippen molar-refractivity contribution < 1.29 is 14.3 Å². The van der Waals surface area contributed by atoms with Gasteiger partial charge in [0.1, 0.15) is 11.2 Å². The van der Waals surface area contributed by atoms with Crippen LogP contribution < -0.4 is 5.32 Å². The highest BCUT2D eigenvalue weighted by Gasteiger charge is 2.47. The van der Waals surface area contributed by atoms with Gasteiger partial charge in [-0.25, -0.2) is 9.31 Å². The van der Waals surface area contributed by atoms with Gasteiger partial charge in [0.15, 0.2) is 5.65 Å². The highest BCUT2D eigenvalue weighted by Crippen LogP contribution is 2.35. The van der Waals surface area contributed by atoms with E-state index < -0.39 is 11.2 Å². The van der Waals surface area contributed by atoms with Crippen LogP contribution in [0.2, 0.25) is 5.28 Å². The number of pyridine rings is 1. The highest BCUT2D eigenvalue weighted by molar-refractivity contribution is 6.28. The molecule has 2 aromatic heterocycles. The van der Waals surface area contributed by atoms with E-state index in [1.165, 1.54) is 0 Å². The number of amides is 1. The molecule has 2 bridgehead atoms. The van der Waals surface area contributed by atoms with Gasteiger partial charge in [0.05, 0.1) is 19.2 Å². The summed E-state index contributed by atoms with van der Waals surface area (Å²) in [7, 11) is 0. The smallest absolute Gasteiger partial charge is 0.410 e. The molecule has 0 radical (unpaired) electrons. The van der Waals surface area contributed by atoms with Crippen molar-refractivity contribution in [2.45, 2.75) is 38.1 Å². The van der Waals surface area contributed by atoms with E-state index in [0.29, 0.717) is 31.8 Å². The van der Waals surface area contributed by atoms with Crippen molar-refractivity contribution >= 4 is 23.3 Å². The molecule has 2 aliphatic heterocycles. The molecule has 8 nitrogen and oxygen atoms in total. The normalized spacial score (nSPS) is 26.2. The maximum absolute atomic E-state index is 12.6. The summed E-state index contributed by atoms with van der Waals surface area (Å²) >= 11 is 5.89. The fourth-order valence-corrected chi connectivity index (χ4v) is 3.67. The quantitative estimate of drug-likeness (QED) is 0.814. The SMILES string of the molecule is CC(C)(C)OC(=O)N1CC2CNCC(c3ccc4nc(Cl)nn4c3)(C1)O2. The van der Waals surface area contributed by atoms with Gasteiger partial charge >= 0.3 is 6.09 Å². The lowest BCUT2D eigenvalue weighted by atomic mass is 9.90. The number of morpholine rings is 2. The Morgan fingerprint density at radius 2 is 2.27 bits per heavy atom. The van der Waals surface area contributed by atoms with Crippen LogP contribution in [0, 0.1) is 0 Å². The van der Waals surface area contributed by atoms with Gasteiger partial charge in [0.2, 0.25) is 5.28 Å². The average molecular weight is 380 g/mol. The van der Waals surface area contributed by atoms with E-state index in [1.807, 2.05) is 39.1 Å². The summed E-state index contributed by atoms with van der Waals surface area (Å²) in [5.74, 6) is 0. The molecule has 2 unspecified atom stereocenters. The van der Waals surface area contributed by atoms with Crippen LogP contribution in [-0.4, -0.2) is 63.5 Å². The fraction of sp³-hybridized carbons (Fsp3) is 0.588. The van der Waals surface area contributed by atoms with Crippen LogP contribution in [0.3, 0.4) is 0 Å². The summed E-state index contributed by atoms with van der Waals surface area (Å²) in [6, 6.07) is 3.80. The number of nitrogens with one attached hydrogen (secondary N) is 1. The summed E-state index contributed by atoms with van der Waals surface area (Å²) in [5.41, 5.74) is 0.379. The number of halogens is 1. The highest BCUT2D eigenvalue weighted by atomic mass is 35.5. The second kappa shape index (κ2) is 6.07. The van der Waals surface area contributed by atoms with Gasteiger partial charge in [-0.2, -0.15) is 4.98 Å². The molecule has 2 fully saturated rings. The molecule has 0 spiro atoms. The van der Waals surface area contributed by atoms with Gasteiger partial charge in [-0.15, -0.1) is 5.10 Å². The summed E-state index contributed by atoms with van der Waals surface area (Å²) < 4.78 is 13.5. The third-order valence-corrected chi connectivity index (χ3v) is 4.69. The number of hydrogen-bond acceptors (Lipinski definition) is 6. The molecule has 4 heterocycles. The first-order valence-corrected chi connectivity index (χ1v) is 9.01. The second-order valence-corrected chi connectivity index (χ2v) is 8.17. The van der Waals surface area contributed by atoms with Crippen molar-refractivity contribution in [1.82, 2.24) is 24.8 Å². The van der Waals surface area contributed by atoms with Crippen LogP contribution in [0.1, 0.15) is 26.3 Å². The van der Waals surface area contributed by atoms with Crippen LogP contribution in [-0.2, 0) is 15.1 Å². The molecule has 1 amide bonds. The summed E-state index contributed by atoms with van der Waals surface area (Å²) in [6.45, 7) is 7.79. The van der Waals surface area contributed by atoms with Gasteiger partial charge in [-0.1, -0.05) is 6.07 Å². The minimum atomic E-state index is -0.662. The zero-order valence-electron chi connectivity index (χ0n) is 15.0. The number of hydrogen-bond donors (Lipinski definition) is 1. The molecule has 26 heavy (non-hydrogen) atoms. The van der Waals surface area contributed by atoms with Gasteiger partial charge in [-0.05, 0) is 38.4 Å². The standard InChI is InChI=1S/C17H22ClN5O3/c1-16(2,3)26-15(24)22-8-12-6-19-9-17(10-22,25-12)11-4-5-13-20-14(18)21-23(13)7-11/h4-5,7,12,19H,6,8-10H2,1-3H3. The molecule has 140 valence electrons. The molecule has 2 saturated heterocycles. The number of aromatic nitrogens is 3. The van der Waals surface area contributed by atoms with Crippen molar-refractivity contribution in [3.8, 4) is 0 Å². The molecule has 4 rings (SSSR count). The maximum Gasteiger partial charge on any atom is 0.410 e. The third-order valence-electron chi connectivity index (χ3n) is 4.53. The van der Waals surface area contributed by atoms with Gasteiger partial charge in [0, 0.05) is 24.8 Å². The van der Waals surface area contributed by atoms with Crippen molar-refractivity contribution in [3.05, 3.63) is 29.2 Å². The molecular formula is C17H22ClN5O3. The molecule has 0 aromatic carbocycles. The van der Waals surface area contributed by atoms with Gasteiger partial charge in [-0.3, -0.25) is 0 Å². The zero-order valence-corrected chi connectivity index (χ0v) is 15.8. The van der Waals surface area contributed by atoms with E-state index in [2.05, 4.69) is 15.4 Å². The van der Waals surface area contributed by atoms with E-state index in [0.717, 1.165) is 5.56 Å².